The van der Waals surface area contributed by atoms with Crippen molar-refractivity contribution in [2.45, 2.75) is 38.6 Å². The number of carbonyl (C=O) groups excluding carboxylic acids is 1. The van der Waals surface area contributed by atoms with Crippen molar-refractivity contribution in [3.63, 3.8) is 0 Å². The van der Waals surface area contributed by atoms with Gasteiger partial charge in [-0.1, -0.05) is 18.2 Å². The summed E-state index contributed by atoms with van der Waals surface area (Å²) in [5.41, 5.74) is 0. The normalized spacial score (nSPS) is 17.7. The molecule has 0 spiro atoms. The highest BCUT2D eigenvalue weighted by Gasteiger charge is 2.27. The van der Waals surface area contributed by atoms with Crippen LogP contribution in [-0.4, -0.2) is 40.1 Å². The largest absolute Gasteiger partial charge is 0.493 e. The number of aryl methyl sites for hydroxylation is 1. The minimum atomic E-state index is 0.172. The molecule has 0 aliphatic carbocycles. The summed E-state index contributed by atoms with van der Waals surface area (Å²) in [6, 6.07) is 9.63. The van der Waals surface area contributed by atoms with Crippen molar-refractivity contribution in [3.8, 4) is 5.75 Å². The molecular weight excluding hydrogens is 302 g/mol. The van der Waals surface area contributed by atoms with E-state index >= 15 is 0 Å². The lowest BCUT2D eigenvalue weighted by Gasteiger charge is -2.32. The maximum absolute atomic E-state index is 12.5. The number of hydrogen-bond donors (Lipinski definition) is 0. The van der Waals surface area contributed by atoms with Crippen molar-refractivity contribution >= 4 is 5.91 Å². The molecule has 1 aliphatic rings. The summed E-state index contributed by atoms with van der Waals surface area (Å²) in [5, 5.41) is 0. The van der Waals surface area contributed by atoms with Gasteiger partial charge in [0.2, 0.25) is 5.91 Å². The molecule has 1 fully saturated rings. The van der Waals surface area contributed by atoms with E-state index in [1.165, 1.54) is 0 Å². The Labute approximate surface area is 143 Å². The first-order chi connectivity index (χ1) is 11.8. The summed E-state index contributed by atoms with van der Waals surface area (Å²) >= 11 is 0. The first kappa shape index (κ1) is 16.6. The molecule has 1 amide bonds. The van der Waals surface area contributed by atoms with Crippen LogP contribution in [0.3, 0.4) is 0 Å². The molecule has 2 heterocycles. The van der Waals surface area contributed by atoms with E-state index in [0.29, 0.717) is 18.9 Å². The van der Waals surface area contributed by atoms with E-state index in [9.17, 15) is 4.79 Å². The lowest BCUT2D eigenvalue weighted by molar-refractivity contribution is -0.133. The molecule has 1 saturated heterocycles. The molecule has 0 N–H and O–H groups in total. The van der Waals surface area contributed by atoms with Crippen LogP contribution in [0.1, 0.15) is 37.9 Å². The number of amides is 1. The predicted octanol–water partition coefficient (Wildman–Crippen LogP) is 3.08. The van der Waals surface area contributed by atoms with E-state index in [0.717, 1.165) is 44.0 Å². The summed E-state index contributed by atoms with van der Waals surface area (Å²) in [4.78, 5) is 19.0. The molecule has 1 aliphatic heterocycles. The van der Waals surface area contributed by atoms with Gasteiger partial charge in [-0.25, -0.2) is 4.98 Å². The lowest BCUT2D eigenvalue weighted by Crippen LogP contribution is -2.40. The molecule has 0 bridgehead atoms. The standard InChI is InChI=1S/C19H25N3O2/c1-2-21-13-11-20-19(21)16-7-6-12-22(15-16)18(23)10-14-24-17-8-4-3-5-9-17/h3-5,8-9,11,13,16H,2,6-7,10,12,14-15H2,1H3. The maximum atomic E-state index is 12.5. The van der Waals surface area contributed by atoms with E-state index in [1.807, 2.05) is 47.6 Å². The third kappa shape index (κ3) is 3.96. The number of carbonyl (C=O) groups is 1. The summed E-state index contributed by atoms with van der Waals surface area (Å²) in [6.45, 7) is 5.07. The second kappa shape index (κ2) is 7.99. The Kier molecular flexibility index (Phi) is 5.51. The van der Waals surface area contributed by atoms with Crippen LogP contribution in [0, 0.1) is 0 Å². The number of rotatable bonds is 6. The number of nitrogens with zero attached hydrogens (tertiary/aromatic N) is 3. The highest BCUT2D eigenvalue weighted by molar-refractivity contribution is 5.76. The number of para-hydroxylation sites is 1. The van der Waals surface area contributed by atoms with E-state index in [4.69, 9.17) is 4.74 Å². The number of ether oxygens (including phenoxy) is 1. The summed E-state index contributed by atoms with van der Waals surface area (Å²) in [7, 11) is 0. The third-order valence-electron chi connectivity index (χ3n) is 4.56. The average Bonchev–Trinajstić information content (AvgIpc) is 3.11. The van der Waals surface area contributed by atoms with Gasteiger partial charge in [-0.3, -0.25) is 4.79 Å². The maximum Gasteiger partial charge on any atom is 0.226 e. The Morgan fingerprint density at radius 3 is 2.96 bits per heavy atom. The molecular formula is C19H25N3O2. The van der Waals surface area contributed by atoms with Gasteiger partial charge in [0, 0.05) is 37.9 Å². The van der Waals surface area contributed by atoms with Crippen LogP contribution in [0.5, 0.6) is 5.75 Å². The number of benzene rings is 1. The quantitative estimate of drug-likeness (QED) is 0.819. The monoisotopic (exact) mass is 327 g/mol. The fraction of sp³-hybridized carbons (Fsp3) is 0.474. The molecule has 1 aromatic heterocycles. The molecule has 24 heavy (non-hydrogen) atoms. The fourth-order valence-electron chi connectivity index (χ4n) is 3.29. The lowest BCUT2D eigenvalue weighted by atomic mass is 9.97. The van der Waals surface area contributed by atoms with Crippen molar-refractivity contribution in [2.75, 3.05) is 19.7 Å². The van der Waals surface area contributed by atoms with Crippen LogP contribution in [0.15, 0.2) is 42.7 Å². The highest BCUT2D eigenvalue weighted by atomic mass is 16.5. The van der Waals surface area contributed by atoms with Crippen LogP contribution in [0.25, 0.3) is 0 Å². The van der Waals surface area contributed by atoms with Gasteiger partial charge < -0.3 is 14.2 Å². The van der Waals surface area contributed by atoms with Gasteiger partial charge >= 0.3 is 0 Å². The molecule has 1 aromatic carbocycles. The Bertz CT molecular complexity index is 654. The molecule has 5 nitrogen and oxygen atoms in total. The minimum absolute atomic E-state index is 0.172. The smallest absolute Gasteiger partial charge is 0.226 e. The molecule has 3 rings (SSSR count). The zero-order valence-corrected chi connectivity index (χ0v) is 14.2. The zero-order valence-electron chi connectivity index (χ0n) is 14.2. The Morgan fingerprint density at radius 1 is 1.33 bits per heavy atom. The molecule has 5 heteroatoms. The summed E-state index contributed by atoms with van der Waals surface area (Å²) < 4.78 is 7.82. The van der Waals surface area contributed by atoms with Crippen molar-refractivity contribution in [1.82, 2.24) is 14.5 Å². The molecule has 0 radical (unpaired) electrons. The van der Waals surface area contributed by atoms with Gasteiger partial charge in [0.05, 0.1) is 13.0 Å². The van der Waals surface area contributed by atoms with Crippen molar-refractivity contribution < 1.29 is 9.53 Å². The van der Waals surface area contributed by atoms with E-state index in [-0.39, 0.29) is 5.91 Å². The van der Waals surface area contributed by atoms with Crippen LogP contribution in [-0.2, 0) is 11.3 Å². The summed E-state index contributed by atoms with van der Waals surface area (Å²) in [5.74, 6) is 2.43. The van der Waals surface area contributed by atoms with Crippen molar-refractivity contribution in [2.24, 2.45) is 0 Å². The second-order valence-electron chi connectivity index (χ2n) is 6.16. The molecule has 128 valence electrons. The second-order valence-corrected chi connectivity index (χ2v) is 6.16. The summed E-state index contributed by atoms with van der Waals surface area (Å²) in [6.07, 6.45) is 6.43. The van der Waals surface area contributed by atoms with Crippen LogP contribution in [0.2, 0.25) is 0 Å². The fourth-order valence-corrected chi connectivity index (χ4v) is 3.29. The predicted molar refractivity (Wildman–Crippen MR) is 93.0 cm³/mol. The first-order valence-corrected chi connectivity index (χ1v) is 8.74. The van der Waals surface area contributed by atoms with Gasteiger partial charge in [-0.05, 0) is 31.9 Å². The SMILES string of the molecule is CCn1ccnc1C1CCCN(C(=O)CCOc2ccccc2)C1. The Balaban J connectivity index is 1.51. The van der Waals surface area contributed by atoms with Gasteiger partial charge in [-0.2, -0.15) is 0 Å². The van der Waals surface area contributed by atoms with Gasteiger partial charge in [0.15, 0.2) is 0 Å². The van der Waals surface area contributed by atoms with E-state index < -0.39 is 0 Å². The Morgan fingerprint density at radius 2 is 2.17 bits per heavy atom. The number of piperidine rings is 1. The van der Waals surface area contributed by atoms with Crippen LogP contribution in [0.4, 0.5) is 0 Å². The third-order valence-corrected chi connectivity index (χ3v) is 4.56. The molecule has 1 unspecified atom stereocenters. The molecule has 2 aromatic rings. The van der Waals surface area contributed by atoms with Crippen LogP contribution < -0.4 is 4.74 Å². The highest BCUT2D eigenvalue weighted by Crippen LogP contribution is 2.26. The Hall–Kier alpha value is -2.30. The van der Waals surface area contributed by atoms with Gasteiger partial charge in [-0.15, -0.1) is 0 Å². The number of likely N-dealkylation sites (tertiary alicyclic amines) is 1. The first-order valence-electron chi connectivity index (χ1n) is 8.74. The van der Waals surface area contributed by atoms with Crippen LogP contribution >= 0.6 is 0 Å². The zero-order chi connectivity index (χ0) is 16.8. The van der Waals surface area contributed by atoms with E-state index in [1.54, 1.807) is 0 Å². The van der Waals surface area contributed by atoms with E-state index in [2.05, 4.69) is 16.5 Å². The van der Waals surface area contributed by atoms with Gasteiger partial charge in [0.25, 0.3) is 0 Å². The van der Waals surface area contributed by atoms with Crippen molar-refractivity contribution in [1.29, 1.82) is 0 Å². The number of aromatic nitrogens is 2. The van der Waals surface area contributed by atoms with Gasteiger partial charge in [0.1, 0.15) is 11.6 Å². The molecule has 1 atom stereocenters. The average molecular weight is 327 g/mol. The number of imidazole rings is 1. The van der Waals surface area contributed by atoms with Crippen molar-refractivity contribution in [3.05, 3.63) is 48.5 Å². The topological polar surface area (TPSA) is 47.4 Å². The minimum Gasteiger partial charge on any atom is -0.493 e. The number of hydrogen-bond acceptors (Lipinski definition) is 3. The molecule has 0 saturated carbocycles.